The normalized spacial score (nSPS) is 15.2. The number of para-hydroxylation sites is 2. The number of aromatic nitrogens is 2. The van der Waals surface area contributed by atoms with Gasteiger partial charge in [-0.15, -0.1) is 0 Å². The molecule has 35 heavy (non-hydrogen) atoms. The number of amides is 2. The zero-order chi connectivity index (χ0) is 25.1. The van der Waals surface area contributed by atoms with E-state index in [0.717, 1.165) is 5.56 Å². The van der Waals surface area contributed by atoms with Crippen LogP contribution in [0.15, 0.2) is 64.2 Å². The number of carbonyl (C=O) groups is 2. The number of rotatable bonds is 6. The highest BCUT2D eigenvalue weighted by Crippen LogP contribution is 2.31. The first kappa shape index (κ1) is 23.8. The van der Waals surface area contributed by atoms with Crippen molar-refractivity contribution in [1.29, 1.82) is 0 Å². The van der Waals surface area contributed by atoms with Crippen molar-refractivity contribution in [2.75, 3.05) is 33.9 Å². The van der Waals surface area contributed by atoms with Gasteiger partial charge in [-0.25, -0.2) is 4.79 Å². The second-order valence-corrected chi connectivity index (χ2v) is 8.46. The number of fused-ring (bicyclic) bond motifs is 1. The Morgan fingerprint density at radius 2 is 1.77 bits per heavy atom. The van der Waals surface area contributed by atoms with Crippen molar-refractivity contribution in [1.82, 2.24) is 9.55 Å². The molecule has 1 aliphatic rings. The minimum Gasteiger partial charge on any atom is -0.383 e. The van der Waals surface area contributed by atoms with Gasteiger partial charge >= 0.3 is 5.69 Å². The highest BCUT2D eigenvalue weighted by Gasteiger charge is 2.31. The molecule has 1 atom stereocenters. The van der Waals surface area contributed by atoms with Gasteiger partial charge in [-0.3, -0.25) is 23.9 Å². The van der Waals surface area contributed by atoms with Gasteiger partial charge in [-0.2, -0.15) is 0 Å². The van der Waals surface area contributed by atoms with Gasteiger partial charge in [0.1, 0.15) is 11.5 Å². The molecular formula is C25H28N6O4. The Balaban J connectivity index is 1.69. The molecule has 0 saturated carbocycles. The molecule has 10 heteroatoms. The van der Waals surface area contributed by atoms with Gasteiger partial charge in [0.25, 0.3) is 5.56 Å². The van der Waals surface area contributed by atoms with Crippen molar-refractivity contribution in [3.63, 3.8) is 0 Å². The van der Waals surface area contributed by atoms with Crippen LogP contribution < -0.4 is 32.1 Å². The van der Waals surface area contributed by atoms with Crippen LogP contribution in [0, 0.1) is 0 Å². The number of anilines is 4. The average molecular weight is 477 g/mol. The number of carbonyl (C=O) groups excluding carboxylic acids is 2. The molecule has 2 aromatic carbocycles. The predicted molar refractivity (Wildman–Crippen MR) is 136 cm³/mol. The van der Waals surface area contributed by atoms with Crippen LogP contribution in [0.2, 0.25) is 0 Å². The quantitative estimate of drug-likeness (QED) is 0.496. The van der Waals surface area contributed by atoms with Crippen LogP contribution in [0.25, 0.3) is 0 Å². The van der Waals surface area contributed by atoms with E-state index in [-0.39, 0.29) is 42.8 Å². The van der Waals surface area contributed by atoms with Crippen molar-refractivity contribution in [2.45, 2.75) is 32.9 Å². The fourth-order valence-corrected chi connectivity index (χ4v) is 4.36. The molecule has 0 spiro atoms. The maximum atomic E-state index is 13.6. The maximum absolute atomic E-state index is 13.6. The molecule has 2 amide bonds. The van der Waals surface area contributed by atoms with Gasteiger partial charge in [0, 0.05) is 19.0 Å². The fourth-order valence-electron chi connectivity index (χ4n) is 4.36. The fraction of sp³-hybridized carbons (Fsp3) is 0.280. The summed E-state index contributed by atoms with van der Waals surface area (Å²) in [5.74, 6) is -0.498. The lowest BCUT2D eigenvalue weighted by Crippen LogP contribution is -2.47. The summed E-state index contributed by atoms with van der Waals surface area (Å²) in [5, 5.41) is 2.83. The first-order valence-corrected chi connectivity index (χ1v) is 11.4. The van der Waals surface area contributed by atoms with E-state index in [2.05, 4.69) is 10.3 Å². The number of nitrogens with zero attached hydrogens (tertiary/aromatic N) is 3. The molecule has 2 heterocycles. The van der Waals surface area contributed by atoms with Gasteiger partial charge in [0.05, 0.1) is 24.5 Å². The molecule has 0 unspecified atom stereocenters. The van der Waals surface area contributed by atoms with E-state index in [0.29, 0.717) is 17.9 Å². The summed E-state index contributed by atoms with van der Waals surface area (Å²) in [6.45, 7) is 3.90. The largest absolute Gasteiger partial charge is 0.383 e. The summed E-state index contributed by atoms with van der Waals surface area (Å²) in [6.07, 6.45) is 0.136. The molecule has 10 nitrogen and oxygen atoms in total. The molecule has 0 fully saturated rings. The topological polar surface area (TPSA) is 134 Å². The Bertz CT molecular complexity index is 1360. The lowest BCUT2D eigenvalue weighted by Gasteiger charge is -2.31. The number of benzene rings is 2. The van der Waals surface area contributed by atoms with Crippen LogP contribution in [0.4, 0.5) is 22.9 Å². The third-order valence-corrected chi connectivity index (χ3v) is 6.05. The molecule has 1 aliphatic heterocycles. The van der Waals surface area contributed by atoms with Crippen LogP contribution in [0.1, 0.15) is 25.8 Å². The number of aromatic amines is 1. The van der Waals surface area contributed by atoms with Gasteiger partial charge in [0.15, 0.2) is 0 Å². The predicted octanol–water partition coefficient (Wildman–Crippen LogP) is 1.76. The number of hydrogen-bond acceptors (Lipinski definition) is 6. The number of likely N-dealkylation sites (N-methyl/N-ethyl adjacent to an activating group) is 1. The number of nitrogen functional groups attached to an aromatic ring is 1. The zero-order valence-electron chi connectivity index (χ0n) is 19.7. The van der Waals surface area contributed by atoms with Gasteiger partial charge < -0.3 is 20.9 Å². The molecule has 3 aromatic rings. The molecular weight excluding hydrogens is 448 g/mol. The number of nitrogens with one attached hydrogen (secondary N) is 2. The highest BCUT2D eigenvalue weighted by atomic mass is 16.2. The molecule has 182 valence electrons. The van der Waals surface area contributed by atoms with Crippen molar-refractivity contribution >= 4 is 34.7 Å². The minimum atomic E-state index is -0.660. The van der Waals surface area contributed by atoms with E-state index in [4.69, 9.17) is 5.73 Å². The van der Waals surface area contributed by atoms with Crippen LogP contribution in [-0.4, -0.2) is 40.5 Å². The van der Waals surface area contributed by atoms with E-state index < -0.39 is 17.3 Å². The van der Waals surface area contributed by atoms with Crippen molar-refractivity contribution < 1.29 is 9.59 Å². The van der Waals surface area contributed by atoms with Crippen LogP contribution in [0.5, 0.6) is 0 Å². The number of H-pyrrole nitrogens is 1. The molecule has 0 bridgehead atoms. The summed E-state index contributed by atoms with van der Waals surface area (Å²) in [6, 6.07) is 16.0. The minimum absolute atomic E-state index is 0.0154. The highest BCUT2D eigenvalue weighted by molar-refractivity contribution is 6.05. The van der Waals surface area contributed by atoms with E-state index in [1.165, 1.54) is 4.57 Å². The van der Waals surface area contributed by atoms with Crippen LogP contribution >= 0.6 is 0 Å². The summed E-state index contributed by atoms with van der Waals surface area (Å²) < 4.78 is 1.28. The third kappa shape index (κ3) is 4.81. The van der Waals surface area contributed by atoms with Crippen molar-refractivity contribution in [2.24, 2.45) is 0 Å². The first-order valence-electron chi connectivity index (χ1n) is 11.4. The molecule has 1 aromatic heterocycles. The smallest absolute Gasteiger partial charge is 0.330 e. The first-order chi connectivity index (χ1) is 16.8. The molecule has 4 rings (SSSR count). The van der Waals surface area contributed by atoms with E-state index in [9.17, 15) is 19.2 Å². The van der Waals surface area contributed by atoms with Crippen molar-refractivity contribution in [3.8, 4) is 0 Å². The number of nitrogens with two attached hydrogens (primary N) is 1. The maximum Gasteiger partial charge on any atom is 0.330 e. The zero-order valence-corrected chi connectivity index (χ0v) is 19.7. The van der Waals surface area contributed by atoms with E-state index in [1.54, 1.807) is 47.9 Å². The third-order valence-electron chi connectivity index (χ3n) is 6.05. The van der Waals surface area contributed by atoms with Gasteiger partial charge in [-0.1, -0.05) is 42.5 Å². The lowest BCUT2D eigenvalue weighted by molar-refractivity contribution is -0.118. The van der Waals surface area contributed by atoms with Gasteiger partial charge in [0.2, 0.25) is 11.8 Å². The standard InChI is InChI=1S/C25H28N6O4/c1-3-29(15-21(33)31-16(2)13-20(32)27-18-11-7-8-12-19(18)31)22-23(26)30(25(35)28-24(22)34)14-17-9-5-4-6-10-17/h4-12,16H,3,13-15,26H2,1-2H3,(H,27,32)(H,28,34,35)/t16-/m0/s1. The summed E-state index contributed by atoms with van der Waals surface area (Å²) in [4.78, 5) is 56.6. The molecule has 0 aliphatic carbocycles. The van der Waals surface area contributed by atoms with Gasteiger partial charge in [-0.05, 0) is 31.5 Å². The van der Waals surface area contributed by atoms with E-state index >= 15 is 0 Å². The second kappa shape index (κ2) is 9.88. The Morgan fingerprint density at radius 1 is 1.09 bits per heavy atom. The molecule has 0 saturated heterocycles. The van der Waals surface area contributed by atoms with Crippen LogP contribution in [-0.2, 0) is 16.1 Å². The summed E-state index contributed by atoms with van der Waals surface area (Å²) in [5.41, 5.74) is 7.08. The summed E-state index contributed by atoms with van der Waals surface area (Å²) >= 11 is 0. The molecule has 0 radical (unpaired) electrons. The van der Waals surface area contributed by atoms with E-state index in [1.807, 2.05) is 30.3 Å². The Morgan fingerprint density at radius 3 is 2.49 bits per heavy atom. The SMILES string of the molecule is CCN(CC(=O)N1c2ccccc2NC(=O)C[C@@H]1C)c1c(N)n(Cc2ccccc2)c(=O)[nH]c1=O. The van der Waals surface area contributed by atoms with Crippen molar-refractivity contribution in [3.05, 3.63) is 81.0 Å². The van der Waals surface area contributed by atoms with Crippen LogP contribution in [0.3, 0.4) is 0 Å². The lowest BCUT2D eigenvalue weighted by atomic mass is 10.1. The molecule has 4 N–H and O–H groups in total. The summed E-state index contributed by atoms with van der Waals surface area (Å²) in [7, 11) is 0. The monoisotopic (exact) mass is 476 g/mol. The number of hydrogen-bond donors (Lipinski definition) is 3. The Hall–Kier alpha value is -4.34. The second-order valence-electron chi connectivity index (χ2n) is 8.46. The average Bonchev–Trinajstić information content (AvgIpc) is 2.95. The Labute approximate surface area is 202 Å². The Kier molecular flexibility index (Phi) is 6.72.